The molecule has 1 rings (SSSR count). The van der Waals surface area contributed by atoms with Gasteiger partial charge in [-0.05, 0) is 12.1 Å². The van der Waals surface area contributed by atoms with Crippen molar-refractivity contribution in [1.82, 2.24) is 4.98 Å². The molecule has 0 saturated carbocycles. The summed E-state index contributed by atoms with van der Waals surface area (Å²) in [6.45, 7) is 0. The van der Waals surface area contributed by atoms with Crippen LogP contribution in [0, 0.1) is 0 Å². The third-order valence-corrected chi connectivity index (χ3v) is 1.79. The van der Waals surface area contributed by atoms with Crippen molar-refractivity contribution in [2.75, 3.05) is 5.75 Å². The van der Waals surface area contributed by atoms with E-state index in [4.69, 9.17) is 0 Å². The van der Waals surface area contributed by atoms with Crippen LogP contribution in [0.5, 0.6) is 0 Å². The van der Waals surface area contributed by atoms with Gasteiger partial charge in [-0.15, -0.1) is 0 Å². The zero-order valence-electron chi connectivity index (χ0n) is 5.90. The monoisotopic (exact) mass is 170 g/mol. The molecule has 0 spiro atoms. The second-order valence-corrected chi connectivity index (χ2v) is 3.09. The molecule has 1 aromatic heterocycles. The van der Waals surface area contributed by atoms with Crippen molar-refractivity contribution in [2.45, 2.75) is 6.42 Å². The van der Waals surface area contributed by atoms with Gasteiger partial charge >= 0.3 is 0 Å². The summed E-state index contributed by atoms with van der Waals surface area (Å²) in [5.41, 5.74) is 0.816. The first-order chi connectivity index (χ1) is 5.29. The maximum atomic E-state index is 10.1. The van der Waals surface area contributed by atoms with Crippen molar-refractivity contribution >= 4 is 11.1 Å². The summed E-state index contributed by atoms with van der Waals surface area (Å²) in [5, 5.41) is 0. The van der Waals surface area contributed by atoms with E-state index in [1.807, 2.05) is 12.1 Å². The number of hydrogen-bond donors (Lipinski definition) is 0. The van der Waals surface area contributed by atoms with Gasteiger partial charge in [-0.3, -0.25) is 9.19 Å². The Hall–Kier alpha value is -0.740. The van der Waals surface area contributed by atoms with Crippen molar-refractivity contribution < 1.29 is 8.76 Å². The van der Waals surface area contributed by atoms with Gasteiger partial charge < -0.3 is 4.55 Å². The minimum atomic E-state index is -1.96. The molecule has 4 heteroatoms. The molecule has 0 aliphatic carbocycles. The summed E-state index contributed by atoms with van der Waals surface area (Å²) in [5.74, 6) is 0.150. The topological polar surface area (TPSA) is 53.0 Å². The maximum absolute atomic E-state index is 10.1. The van der Waals surface area contributed by atoms with Gasteiger partial charge in [-0.25, -0.2) is 0 Å². The Labute approximate surface area is 67.8 Å². The minimum Gasteiger partial charge on any atom is -0.772 e. The van der Waals surface area contributed by atoms with Crippen LogP contribution in [0.1, 0.15) is 5.69 Å². The van der Waals surface area contributed by atoms with Crippen LogP contribution in [0.2, 0.25) is 0 Å². The zero-order valence-corrected chi connectivity index (χ0v) is 6.71. The molecule has 0 fully saturated rings. The fourth-order valence-corrected chi connectivity index (χ4v) is 1.11. The van der Waals surface area contributed by atoms with E-state index in [-0.39, 0.29) is 5.75 Å². The van der Waals surface area contributed by atoms with Crippen LogP contribution < -0.4 is 0 Å². The Morgan fingerprint density at radius 3 is 2.91 bits per heavy atom. The number of rotatable bonds is 3. The average Bonchev–Trinajstić information content (AvgIpc) is 2.03. The minimum absolute atomic E-state index is 0.150. The van der Waals surface area contributed by atoms with E-state index in [2.05, 4.69) is 4.98 Å². The van der Waals surface area contributed by atoms with Crippen molar-refractivity contribution in [2.24, 2.45) is 0 Å². The van der Waals surface area contributed by atoms with Crippen LogP contribution in [0.3, 0.4) is 0 Å². The molecule has 1 aromatic rings. The quantitative estimate of drug-likeness (QED) is 0.621. The van der Waals surface area contributed by atoms with E-state index >= 15 is 0 Å². The molecular formula is C7H8NO2S-. The average molecular weight is 170 g/mol. The van der Waals surface area contributed by atoms with Gasteiger partial charge in [0.15, 0.2) is 0 Å². The van der Waals surface area contributed by atoms with E-state index < -0.39 is 11.1 Å². The lowest BCUT2D eigenvalue weighted by molar-refractivity contribution is 0.536. The molecule has 60 valence electrons. The van der Waals surface area contributed by atoms with Crippen LogP contribution in [-0.2, 0) is 17.5 Å². The van der Waals surface area contributed by atoms with Crippen molar-refractivity contribution in [3.05, 3.63) is 30.1 Å². The molecule has 0 radical (unpaired) electrons. The fourth-order valence-electron chi connectivity index (χ4n) is 0.734. The number of aromatic nitrogens is 1. The highest BCUT2D eigenvalue weighted by Crippen LogP contribution is 1.94. The number of hydrogen-bond acceptors (Lipinski definition) is 3. The van der Waals surface area contributed by atoms with E-state index in [9.17, 15) is 8.76 Å². The molecule has 11 heavy (non-hydrogen) atoms. The molecule has 0 amide bonds. The van der Waals surface area contributed by atoms with Gasteiger partial charge in [0.2, 0.25) is 0 Å². The van der Waals surface area contributed by atoms with Crippen LogP contribution in [0.25, 0.3) is 0 Å². The SMILES string of the molecule is O=S([O-])CCc1ccccn1. The van der Waals surface area contributed by atoms with Gasteiger partial charge in [0, 0.05) is 24.1 Å². The summed E-state index contributed by atoms with van der Waals surface area (Å²) < 4.78 is 20.3. The molecule has 0 bridgehead atoms. The molecule has 0 saturated heterocycles. The highest BCUT2D eigenvalue weighted by Gasteiger charge is 1.91. The number of pyridine rings is 1. The Balaban J connectivity index is 2.45. The Bertz CT molecular complexity index is 237. The first-order valence-corrected chi connectivity index (χ1v) is 4.49. The first kappa shape index (κ1) is 8.36. The summed E-state index contributed by atoms with van der Waals surface area (Å²) in [4.78, 5) is 3.98. The number of aryl methyl sites for hydroxylation is 1. The third-order valence-electron chi connectivity index (χ3n) is 1.25. The predicted molar refractivity (Wildman–Crippen MR) is 41.7 cm³/mol. The molecule has 1 heterocycles. The van der Waals surface area contributed by atoms with Gasteiger partial charge in [-0.2, -0.15) is 0 Å². The van der Waals surface area contributed by atoms with Crippen LogP contribution in [0.4, 0.5) is 0 Å². The lowest BCUT2D eigenvalue weighted by Crippen LogP contribution is -2.00. The van der Waals surface area contributed by atoms with E-state index in [1.165, 1.54) is 0 Å². The first-order valence-electron chi connectivity index (χ1n) is 3.25. The zero-order chi connectivity index (χ0) is 8.10. The van der Waals surface area contributed by atoms with E-state index in [0.717, 1.165) is 5.69 Å². The van der Waals surface area contributed by atoms with E-state index in [0.29, 0.717) is 6.42 Å². The van der Waals surface area contributed by atoms with Crippen molar-refractivity contribution in [3.63, 3.8) is 0 Å². The van der Waals surface area contributed by atoms with Gasteiger partial charge in [0.1, 0.15) is 0 Å². The molecular weight excluding hydrogens is 162 g/mol. The highest BCUT2D eigenvalue weighted by molar-refractivity contribution is 7.79. The fraction of sp³-hybridized carbons (Fsp3) is 0.286. The second-order valence-electron chi connectivity index (χ2n) is 2.08. The summed E-state index contributed by atoms with van der Waals surface area (Å²) in [7, 11) is 0. The predicted octanol–water partition coefficient (Wildman–Crippen LogP) is 0.503. The van der Waals surface area contributed by atoms with Crippen molar-refractivity contribution in [1.29, 1.82) is 0 Å². The summed E-state index contributed by atoms with van der Waals surface area (Å²) >= 11 is -1.96. The molecule has 0 aliphatic heterocycles. The standard InChI is InChI=1S/C7H9NO2S/c9-11(10)6-4-7-3-1-2-5-8-7/h1-3,5H,4,6H2,(H,9,10)/p-1. The molecule has 1 unspecified atom stereocenters. The van der Waals surface area contributed by atoms with Crippen molar-refractivity contribution in [3.8, 4) is 0 Å². The summed E-state index contributed by atoms with van der Waals surface area (Å²) in [6, 6.07) is 5.46. The Kier molecular flexibility index (Phi) is 3.19. The Morgan fingerprint density at radius 1 is 1.55 bits per heavy atom. The van der Waals surface area contributed by atoms with Gasteiger partial charge in [0.05, 0.1) is 0 Å². The lowest BCUT2D eigenvalue weighted by atomic mass is 10.3. The lowest BCUT2D eigenvalue weighted by Gasteiger charge is -2.02. The normalized spacial score (nSPS) is 12.8. The molecule has 0 aromatic carbocycles. The molecule has 1 atom stereocenters. The maximum Gasteiger partial charge on any atom is 0.0412 e. The van der Waals surface area contributed by atoms with Gasteiger partial charge in [0.25, 0.3) is 0 Å². The summed E-state index contributed by atoms with van der Waals surface area (Å²) in [6.07, 6.45) is 2.15. The van der Waals surface area contributed by atoms with Gasteiger partial charge in [-0.1, -0.05) is 17.1 Å². The molecule has 0 aliphatic rings. The van der Waals surface area contributed by atoms with Crippen LogP contribution >= 0.6 is 0 Å². The second kappa shape index (κ2) is 4.20. The largest absolute Gasteiger partial charge is 0.772 e. The smallest absolute Gasteiger partial charge is 0.0412 e. The van der Waals surface area contributed by atoms with Crippen LogP contribution in [0.15, 0.2) is 24.4 Å². The highest BCUT2D eigenvalue weighted by atomic mass is 32.2. The Morgan fingerprint density at radius 2 is 2.36 bits per heavy atom. The molecule has 3 nitrogen and oxygen atoms in total. The van der Waals surface area contributed by atoms with E-state index in [1.54, 1.807) is 12.3 Å². The van der Waals surface area contributed by atoms with Crippen LogP contribution in [-0.4, -0.2) is 19.5 Å². The third kappa shape index (κ3) is 3.25. The number of nitrogens with zero attached hydrogens (tertiary/aromatic N) is 1. The molecule has 0 N–H and O–H groups in total.